The molecule has 5 aliphatic heterocycles. The number of alkyl halides is 1. The van der Waals surface area contributed by atoms with E-state index in [1.807, 2.05) is 6.07 Å². The van der Waals surface area contributed by atoms with E-state index in [0.29, 0.717) is 61.0 Å². The molecule has 6 aromatic carbocycles. The van der Waals surface area contributed by atoms with Gasteiger partial charge in [-0.3, -0.25) is 33.6 Å². The van der Waals surface area contributed by atoms with E-state index in [0.717, 1.165) is 12.5 Å². The van der Waals surface area contributed by atoms with Crippen LogP contribution in [0.3, 0.4) is 0 Å². The van der Waals surface area contributed by atoms with Crippen molar-refractivity contribution in [3.8, 4) is 28.3 Å². The van der Waals surface area contributed by atoms with Crippen molar-refractivity contribution >= 4 is 115 Å². The number of H-pyrrole nitrogens is 1. The van der Waals surface area contributed by atoms with Gasteiger partial charge in [0, 0.05) is 95.9 Å². The summed E-state index contributed by atoms with van der Waals surface area (Å²) in [6.45, 7) is 1.43. The molecule has 0 saturated carbocycles. The molecule has 5 aliphatic rings. The minimum Gasteiger partial charge on any atom is -0.477 e. The number of primary amides is 1. The highest BCUT2D eigenvalue weighted by molar-refractivity contribution is 6.19. The van der Waals surface area contributed by atoms with Crippen LogP contribution in [0, 0.1) is 5.92 Å². The number of hydrogen-bond donors (Lipinski definition) is 21. The predicted molar refractivity (Wildman–Crippen MR) is 451 cm³/mol. The standard InChI is InChI=1S/C85H99ClN14O28/c1-39(2)65(95-61(105)24-25-63(107)98-33-42-11-4-5-12-47(42)68-66(50-15-8-9-17-54(50)98)96-97-100(68)35-57(104)69(108)76-67(90-40(3)102)56(103)30-85(128-76,82(119)120)124-38-60-71(110)72(111)74(113)80(118)125-60)78(116)94-52(16-10-26-88-83(87)121)77(115)92-45-20-18-41(19-21-45)37-123-84(122)89-32-62(106)91-46-22-23-51-43(27-46)28-53(93-51)79(117)99-34-44(31-86)64-49-14-7-6-13-48(49)58(29-55(64)99)126-81-75(114)73(112)70(109)59(36-101)127-81/h4-9,11-15,17-23,27-29,39,44,52,56-57,59-60,65,67,69-76,80-81,93,101,103-104,108-114,118H,10,16,24-26,30-38H2,1-3H3,(H,89,122)(H,90,102)(H,91,106)(H,92,115)(H,94,116)(H,95,105)(H,119,120)(H3,87,88,121). The Morgan fingerprint density at radius 2 is 1.42 bits per heavy atom. The number of carboxylic acid groups (broad SMARTS) is 1. The Bertz CT molecular complexity index is 5430. The van der Waals surface area contributed by atoms with Crippen molar-refractivity contribution in [1.82, 2.24) is 46.6 Å². The van der Waals surface area contributed by atoms with Crippen LogP contribution in [0.4, 0.5) is 32.3 Å². The summed E-state index contributed by atoms with van der Waals surface area (Å²) in [4.78, 5) is 141. The second kappa shape index (κ2) is 40.6. The fraction of sp³-hybridized carbons (Fsp3) is 0.435. The van der Waals surface area contributed by atoms with Crippen molar-refractivity contribution in [2.75, 3.05) is 59.2 Å². The van der Waals surface area contributed by atoms with Crippen LogP contribution >= 0.6 is 11.6 Å². The first-order valence-electron chi connectivity index (χ1n) is 41.1. The zero-order valence-corrected chi connectivity index (χ0v) is 69.8. The largest absolute Gasteiger partial charge is 0.477 e. The Labute approximate surface area is 733 Å². The molecule has 0 spiro atoms. The number of aromatic amines is 1. The van der Waals surface area contributed by atoms with Crippen LogP contribution in [0.25, 0.3) is 44.2 Å². The summed E-state index contributed by atoms with van der Waals surface area (Å²) in [6, 6.07) is 29.8. The molecular weight excluding hydrogens is 1700 g/mol. The Morgan fingerprint density at radius 3 is 2.13 bits per heavy atom. The number of nitrogens with zero attached hydrogens (tertiary/aromatic N) is 5. The first-order valence-corrected chi connectivity index (χ1v) is 41.6. The highest BCUT2D eigenvalue weighted by Crippen LogP contribution is 2.48. The van der Waals surface area contributed by atoms with Crippen LogP contribution in [0.2, 0.25) is 0 Å². The monoisotopic (exact) mass is 1800 g/mol. The van der Waals surface area contributed by atoms with E-state index >= 15 is 0 Å². The second-order valence-corrected chi connectivity index (χ2v) is 32.3. The van der Waals surface area contributed by atoms with Gasteiger partial charge in [0.25, 0.3) is 11.7 Å². The molecular formula is C85H99ClN14O28. The zero-order chi connectivity index (χ0) is 91.9. The smallest absolute Gasteiger partial charge is 0.407 e. The molecule has 22 N–H and O–H groups in total. The van der Waals surface area contributed by atoms with Crippen LogP contribution in [0.5, 0.6) is 5.75 Å². The number of carboxylic acids is 1. The van der Waals surface area contributed by atoms with Crippen LogP contribution in [0.15, 0.2) is 127 Å². The van der Waals surface area contributed by atoms with Crippen molar-refractivity contribution in [3.63, 3.8) is 0 Å². The quantitative estimate of drug-likeness (QED) is 0.0188. The van der Waals surface area contributed by atoms with Gasteiger partial charge in [-0.05, 0) is 83.3 Å². The number of benzene rings is 6. The molecule has 3 fully saturated rings. The van der Waals surface area contributed by atoms with E-state index in [1.54, 1.807) is 123 Å². The Morgan fingerprint density at radius 1 is 0.727 bits per heavy atom. The number of amides is 10. The molecule has 2 aromatic heterocycles. The van der Waals surface area contributed by atoms with Crippen LogP contribution < -0.4 is 57.5 Å². The van der Waals surface area contributed by atoms with E-state index in [2.05, 4.69) is 52.5 Å². The van der Waals surface area contributed by atoms with Crippen molar-refractivity contribution in [2.24, 2.45) is 11.7 Å². The summed E-state index contributed by atoms with van der Waals surface area (Å²) in [5.74, 6) is -9.90. The molecule has 19 unspecified atom stereocenters. The van der Waals surface area contributed by atoms with Crippen molar-refractivity contribution < 1.29 is 138 Å². The maximum Gasteiger partial charge on any atom is 0.407 e. The van der Waals surface area contributed by atoms with Crippen LogP contribution in [-0.2, 0) is 76.9 Å². The molecule has 3 saturated heterocycles. The number of aliphatic hydroxyl groups is 11. The molecule has 128 heavy (non-hydrogen) atoms. The average Bonchev–Trinajstić information content (AvgIpc) is 1.58. The normalized spacial score (nSPS) is 24.6. The molecule has 13 rings (SSSR count). The number of ether oxygens (including phenoxy) is 6. The number of urea groups is 1. The van der Waals surface area contributed by atoms with E-state index < -0.39 is 221 Å². The van der Waals surface area contributed by atoms with Gasteiger partial charge >= 0.3 is 18.1 Å². The summed E-state index contributed by atoms with van der Waals surface area (Å²) in [7, 11) is 0. The lowest BCUT2D eigenvalue weighted by Gasteiger charge is -2.47. The van der Waals surface area contributed by atoms with Gasteiger partial charge in [-0.15, -0.1) is 16.7 Å². The molecule has 7 heterocycles. The number of aliphatic hydroxyl groups excluding tert-OH is 11. The van der Waals surface area contributed by atoms with E-state index in [4.69, 9.17) is 45.8 Å². The van der Waals surface area contributed by atoms with Gasteiger partial charge in [-0.2, -0.15) is 0 Å². The van der Waals surface area contributed by atoms with Crippen molar-refractivity contribution in [1.29, 1.82) is 0 Å². The summed E-state index contributed by atoms with van der Waals surface area (Å²) in [5.41, 5.74) is 10.3. The van der Waals surface area contributed by atoms with E-state index in [9.17, 15) is 109 Å². The molecule has 0 radical (unpaired) electrons. The third-order valence-electron chi connectivity index (χ3n) is 22.8. The number of carbonyl (C=O) groups excluding carboxylic acids is 9. The molecule has 684 valence electrons. The third-order valence-corrected chi connectivity index (χ3v) is 23.2. The fourth-order valence-corrected chi connectivity index (χ4v) is 16.4. The number of nitrogens with two attached hydrogens (primary N) is 1. The van der Waals surface area contributed by atoms with Crippen LogP contribution in [-0.4, -0.2) is 289 Å². The highest BCUT2D eigenvalue weighted by atomic mass is 35.5. The van der Waals surface area contributed by atoms with Crippen molar-refractivity contribution in [3.05, 3.63) is 150 Å². The predicted octanol–water partition coefficient (Wildman–Crippen LogP) is -0.414. The molecule has 8 aromatic rings. The van der Waals surface area contributed by atoms with E-state index in [-0.39, 0.29) is 79.4 Å². The molecule has 0 bridgehead atoms. The Balaban J connectivity index is 0.597. The second-order valence-electron chi connectivity index (χ2n) is 32.0. The number of aromatic nitrogens is 4. The lowest BCUT2D eigenvalue weighted by atomic mass is 9.88. The first kappa shape index (κ1) is 93.7. The fourth-order valence-electron chi connectivity index (χ4n) is 16.1. The van der Waals surface area contributed by atoms with Crippen LogP contribution in [0.1, 0.15) is 86.0 Å². The van der Waals surface area contributed by atoms with Gasteiger partial charge in [-0.1, -0.05) is 97.9 Å². The highest BCUT2D eigenvalue weighted by Gasteiger charge is 2.57. The van der Waals surface area contributed by atoms with Gasteiger partial charge in [0.05, 0.1) is 55.5 Å². The number of fused-ring (bicyclic) bond motifs is 9. The molecule has 43 heteroatoms. The summed E-state index contributed by atoms with van der Waals surface area (Å²) in [5, 5.41) is 157. The maximum atomic E-state index is 14.7. The molecule has 19 atom stereocenters. The summed E-state index contributed by atoms with van der Waals surface area (Å²) < 4.78 is 35.1. The van der Waals surface area contributed by atoms with Gasteiger partial charge < -0.3 is 147 Å². The van der Waals surface area contributed by atoms with Gasteiger partial charge in [0.15, 0.2) is 6.29 Å². The number of hydrogen-bond acceptors (Lipinski definition) is 29. The summed E-state index contributed by atoms with van der Waals surface area (Å²) >= 11 is 6.55. The van der Waals surface area contributed by atoms with Crippen molar-refractivity contribution in [2.45, 2.75) is 188 Å². The number of alkyl carbamates (subject to hydrolysis) is 1. The molecule has 42 nitrogen and oxygen atoms in total. The maximum absolute atomic E-state index is 14.7. The minimum atomic E-state index is -2.90. The summed E-state index contributed by atoms with van der Waals surface area (Å²) in [6.07, 6.45) is -27.9. The first-order chi connectivity index (χ1) is 61.1. The lowest BCUT2D eigenvalue weighted by molar-refractivity contribution is -0.334. The number of para-hydroxylation sites is 1. The SMILES string of the molecule is CC(=O)NC1C(O)CC(OCC2OC(O)C(O)C(O)C2O)(C(=O)O)OC1C(O)C(O)Cn1nnc2c1-c1ccccc1CN(C(=O)CCC(=O)NC(C(=O)NC(CCCNC(N)=O)C(=O)Nc1ccc(COC(=O)NCC(=O)Nc3ccc4[nH]c(C(=O)N5CC(CCl)c6c5cc(OC5OC(CO)C(O)C(O)C5O)c5ccccc65)cc4c3)cc1)C(C)C)c1ccccc1-2. The number of anilines is 4. The van der Waals surface area contributed by atoms with Gasteiger partial charge in [0.1, 0.15) is 110 Å². The number of carbonyl (C=O) groups is 10. The minimum absolute atomic E-state index is 0.0203. The third kappa shape index (κ3) is 20.7. The average molecular weight is 1800 g/mol. The molecule has 10 amide bonds. The Kier molecular flexibility index (Phi) is 29.7. The number of halogens is 1. The van der Waals surface area contributed by atoms with Gasteiger partial charge in [-0.25, -0.2) is 19.1 Å². The lowest BCUT2D eigenvalue weighted by Crippen LogP contribution is -2.68. The molecule has 0 aliphatic carbocycles. The number of rotatable bonds is 32. The topological polar surface area (TPSA) is 632 Å². The van der Waals surface area contributed by atoms with E-state index in [1.165, 1.54) is 26.6 Å². The number of aliphatic carboxylic acids is 1. The Hall–Kier alpha value is -12.0. The number of nitrogens with one attached hydrogen (secondary N) is 8. The van der Waals surface area contributed by atoms with Gasteiger partial charge in [0.2, 0.25) is 41.7 Å². The zero-order valence-electron chi connectivity index (χ0n) is 69.1.